The van der Waals surface area contributed by atoms with E-state index in [0.717, 1.165) is 10.8 Å². The van der Waals surface area contributed by atoms with Gasteiger partial charge in [-0.15, -0.1) is 0 Å². The fourth-order valence-electron chi connectivity index (χ4n) is 1.20. The summed E-state index contributed by atoms with van der Waals surface area (Å²) in [6.07, 6.45) is 0. The van der Waals surface area contributed by atoms with E-state index in [2.05, 4.69) is 19.6 Å². The third kappa shape index (κ3) is 5.62. The highest BCUT2D eigenvalue weighted by atomic mass is 35.5. The number of thioether (sulfide) groups is 1. The van der Waals surface area contributed by atoms with Crippen LogP contribution in [0.1, 0.15) is 5.56 Å². The van der Waals surface area contributed by atoms with E-state index in [0.29, 0.717) is 5.02 Å². The first-order valence-corrected chi connectivity index (χ1v) is 11.0. The molecule has 4 heteroatoms. The minimum Gasteiger partial charge on any atom is -0.157 e. The van der Waals surface area contributed by atoms with Gasteiger partial charge in [0, 0.05) is 23.9 Å². The van der Waals surface area contributed by atoms with E-state index in [1.165, 1.54) is 17.4 Å². The molecule has 0 aliphatic heterocycles. The number of halogens is 2. The third-order valence-corrected chi connectivity index (χ3v) is 5.98. The van der Waals surface area contributed by atoms with E-state index >= 15 is 0 Å². The Hall–Kier alpha value is 0.367. The van der Waals surface area contributed by atoms with E-state index in [9.17, 15) is 0 Å². The highest BCUT2D eigenvalue weighted by molar-refractivity contribution is 7.98. The molecule has 0 heterocycles. The third-order valence-electron chi connectivity index (χ3n) is 2.27. The van der Waals surface area contributed by atoms with Gasteiger partial charge in [-0.3, -0.25) is 0 Å². The zero-order valence-electron chi connectivity index (χ0n) is 10.0. The molecule has 0 aliphatic rings. The lowest BCUT2D eigenvalue weighted by molar-refractivity contribution is 1.34. The average molecular weight is 293 g/mol. The first-order valence-electron chi connectivity index (χ1n) is 5.40. The predicted molar refractivity (Wildman–Crippen MR) is 80.8 cm³/mol. The van der Waals surface area contributed by atoms with Crippen LogP contribution in [0.15, 0.2) is 18.2 Å². The SMILES string of the molecule is C[Si](C)(C)CCSCc1ccc(Cl)cc1Cl. The molecule has 0 bridgehead atoms. The summed E-state index contributed by atoms with van der Waals surface area (Å²) in [5, 5.41) is 1.49. The van der Waals surface area contributed by atoms with Gasteiger partial charge in [-0.2, -0.15) is 11.8 Å². The molecule has 0 aliphatic carbocycles. The summed E-state index contributed by atoms with van der Waals surface area (Å²) < 4.78 is 0. The lowest BCUT2D eigenvalue weighted by Gasteiger charge is -2.14. The zero-order valence-corrected chi connectivity index (χ0v) is 13.3. The van der Waals surface area contributed by atoms with Gasteiger partial charge in [-0.1, -0.05) is 48.9 Å². The molecule has 0 unspecified atom stereocenters. The fraction of sp³-hybridized carbons (Fsp3) is 0.500. The van der Waals surface area contributed by atoms with Crippen molar-refractivity contribution in [1.29, 1.82) is 0 Å². The van der Waals surface area contributed by atoms with Crippen LogP contribution < -0.4 is 0 Å². The average Bonchev–Trinajstić information content (AvgIpc) is 2.13. The summed E-state index contributed by atoms with van der Waals surface area (Å²) in [4.78, 5) is 0. The largest absolute Gasteiger partial charge is 0.157 e. The van der Waals surface area contributed by atoms with Crippen LogP contribution in [0.4, 0.5) is 0 Å². The van der Waals surface area contributed by atoms with Gasteiger partial charge >= 0.3 is 0 Å². The molecule has 1 aromatic rings. The summed E-state index contributed by atoms with van der Waals surface area (Å²) >= 11 is 13.9. The molecule has 16 heavy (non-hydrogen) atoms. The van der Waals surface area contributed by atoms with Gasteiger partial charge in [-0.05, 0) is 29.5 Å². The number of hydrogen-bond acceptors (Lipinski definition) is 1. The van der Waals surface area contributed by atoms with Crippen molar-refractivity contribution in [2.45, 2.75) is 31.4 Å². The summed E-state index contributed by atoms with van der Waals surface area (Å²) in [5.41, 5.74) is 1.19. The van der Waals surface area contributed by atoms with Gasteiger partial charge < -0.3 is 0 Å². The van der Waals surface area contributed by atoms with Crippen molar-refractivity contribution in [3.63, 3.8) is 0 Å². The first kappa shape index (κ1) is 14.4. The van der Waals surface area contributed by atoms with Crippen molar-refractivity contribution in [2.75, 3.05) is 5.75 Å². The summed E-state index contributed by atoms with van der Waals surface area (Å²) in [7, 11) is -0.893. The van der Waals surface area contributed by atoms with Gasteiger partial charge in [0.15, 0.2) is 0 Å². The molecule has 0 nitrogen and oxygen atoms in total. The van der Waals surface area contributed by atoms with Crippen LogP contribution in [-0.4, -0.2) is 13.8 Å². The molecule has 1 aromatic carbocycles. The molecule has 0 spiro atoms. The topological polar surface area (TPSA) is 0 Å². The molecule has 0 saturated carbocycles. The van der Waals surface area contributed by atoms with E-state index < -0.39 is 8.07 Å². The van der Waals surface area contributed by atoms with Gasteiger partial charge in [0.2, 0.25) is 0 Å². The van der Waals surface area contributed by atoms with Crippen LogP contribution in [0.25, 0.3) is 0 Å². The summed E-state index contributed by atoms with van der Waals surface area (Å²) in [5.74, 6) is 2.22. The molecule has 0 N–H and O–H groups in total. The van der Waals surface area contributed by atoms with Crippen LogP contribution in [0.3, 0.4) is 0 Å². The number of rotatable bonds is 5. The Labute approximate surface area is 114 Å². The Balaban J connectivity index is 2.38. The zero-order chi connectivity index (χ0) is 12.2. The van der Waals surface area contributed by atoms with Gasteiger partial charge in [0.05, 0.1) is 0 Å². The fourth-order valence-corrected chi connectivity index (χ4v) is 5.40. The van der Waals surface area contributed by atoms with Crippen LogP contribution in [0.5, 0.6) is 0 Å². The van der Waals surface area contributed by atoms with Crippen LogP contribution in [0.2, 0.25) is 35.7 Å². The molecule has 0 fully saturated rings. The molecule has 1 rings (SSSR count). The van der Waals surface area contributed by atoms with Crippen molar-refractivity contribution < 1.29 is 0 Å². The Kier molecular flexibility index (Phi) is 5.72. The van der Waals surface area contributed by atoms with Crippen LogP contribution in [-0.2, 0) is 5.75 Å². The van der Waals surface area contributed by atoms with Crippen molar-refractivity contribution >= 4 is 43.0 Å². The monoisotopic (exact) mass is 292 g/mol. The number of hydrogen-bond donors (Lipinski definition) is 0. The normalized spacial score (nSPS) is 11.8. The molecule has 0 aromatic heterocycles. The summed E-state index contributed by atoms with van der Waals surface area (Å²) in [6.45, 7) is 7.22. The Morgan fingerprint density at radius 3 is 2.44 bits per heavy atom. The van der Waals surface area contributed by atoms with Crippen molar-refractivity contribution in [3.05, 3.63) is 33.8 Å². The highest BCUT2D eigenvalue weighted by Gasteiger charge is 2.12. The minimum atomic E-state index is -0.893. The molecule has 0 amide bonds. The van der Waals surface area contributed by atoms with Crippen molar-refractivity contribution in [3.8, 4) is 0 Å². The van der Waals surface area contributed by atoms with Gasteiger partial charge in [0.25, 0.3) is 0 Å². The highest BCUT2D eigenvalue weighted by Crippen LogP contribution is 2.25. The minimum absolute atomic E-state index is 0.709. The summed E-state index contributed by atoms with van der Waals surface area (Å²) in [6, 6.07) is 7.11. The Morgan fingerprint density at radius 2 is 1.88 bits per heavy atom. The molecular weight excluding hydrogens is 275 g/mol. The second kappa shape index (κ2) is 6.34. The number of benzene rings is 1. The lowest BCUT2D eigenvalue weighted by Crippen LogP contribution is -2.19. The Bertz CT molecular complexity index is 347. The van der Waals surface area contributed by atoms with Gasteiger partial charge in [0.1, 0.15) is 0 Å². The molecular formula is C12H18Cl2SSi. The first-order chi connectivity index (χ1) is 7.38. The molecule has 0 atom stereocenters. The van der Waals surface area contributed by atoms with Gasteiger partial charge in [-0.25, -0.2) is 0 Å². The van der Waals surface area contributed by atoms with Crippen LogP contribution >= 0.6 is 35.0 Å². The standard InChI is InChI=1S/C12H18Cl2SSi/c1-16(2,3)7-6-15-9-10-4-5-11(13)8-12(10)14/h4-5,8H,6-7,9H2,1-3H3. The second-order valence-electron chi connectivity index (χ2n) is 5.10. The quantitative estimate of drug-likeness (QED) is 0.505. The molecule has 90 valence electrons. The van der Waals surface area contributed by atoms with E-state index in [1.54, 1.807) is 0 Å². The Morgan fingerprint density at radius 1 is 1.19 bits per heavy atom. The van der Waals surface area contributed by atoms with E-state index in [4.69, 9.17) is 23.2 Å². The molecule has 0 radical (unpaired) electrons. The lowest BCUT2D eigenvalue weighted by atomic mass is 10.2. The maximum Gasteiger partial charge on any atom is 0.0461 e. The second-order valence-corrected chi connectivity index (χ2v) is 12.7. The van der Waals surface area contributed by atoms with Crippen molar-refractivity contribution in [2.24, 2.45) is 0 Å². The maximum absolute atomic E-state index is 6.11. The molecule has 0 saturated heterocycles. The smallest absolute Gasteiger partial charge is 0.0461 e. The van der Waals surface area contributed by atoms with E-state index in [1.807, 2.05) is 30.0 Å². The predicted octanol–water partition coefficient (Wildman–Crippen LogP) is 5.56. The van der Waals surface area contributed by atoms with Crippen LogP contribution in [0, 0.1) is 0 Å². The van der Waals surface area contributed by atoms with Crippen molar-refractivity contribution in [1.82, 2.24) is 0 Å². The van der Waals surface area contributed by atoms with E-state index in [-0.39, 0.29) is 0 Å². The maximum atomic E-state index is 6.11.